The second-order valence-electron chi connectivity index (χ2n) is 4.22. The zero-order chi connectivity index (χ0) is 14.7. The maximum atomic E-state index is 6.18. The van der Waals surface area contributed by atoms with Crippen LogP contribution in [0.2, 0.25) is 13.7 Å². The number of rotatable bonds is 5. The Labute approximate surface area is 137 Å². The zero-order valence-electron chi connectivity index (χ0n) is 11.0. The van der Waals surface area contributed by atoms with Gasteiger partial charge in [-0.2, -0.15) is 0 Å². The molecule has 2 rings (SSSR count). The van der Waals surface area contributed by atoms with E-state index in [0.29, 0.717) is 20.3 Å². The molecule has 1 heterocycles. The van der Waals surface area contributed by atoms with E-state index < -0.39 is 0 Å². The summed E-state index contributed by atoms with van der Waals surface area (Å²) < 4.78 is 6.95. The summed E-state index contributed by atoms with van der Waals surface area (Å²) in [6, 6.07) is 7.37. The molecule has 2 nitrogen and oxygen atoms in total. The summed E-state index contributed by atoms with van der Waals surface area (Å²) in [6.07, 6.45) is 0. The summed E-state index contributed by atoms with van der Waals surface area (Å²) >= 11 is 19.6. The van der Waals surface area contributed by atoms with Crippen LogP contribution in [-0.2, 0) is 0 Å². The second kappa shape index (κ2) is 6.90. The molecule has 1 atom stereocenters. The van der Waals surface area contributed by atoms with Crippen LogP contribution in [0.4, 0.5) is 5.69 Å². The lowest BCUT2D eigenvalue weighted by Gasteiger charge is -2.18. The third-order valence-corrected chi connectivity index (χ3v) is 4.52. The third kappa shape index (κ3) is 3.73. The predicted molar refractivity (Wildman–Crippen MR) is 89.0 cm³/mol. The van der Waals surface area contributed by atoms with Gasteiger partial charge in [0, 0.05) is 10.6 Å². The lowest BCUT2D eigenvalue weighted by Crippen LogP contribution is -2.08. The van der Waals surface area contributed by atoms with Crippen LogP contribution in [0.15, 0.2) is 24.3 Å². The minimum Gasteiger partial charge on any atom is -0.492 e. The molecular formula is C14H14Cl3NOS. The molecule has 0 saturated carbocycles. The Hall–Kier alpha value is -0.610. The lowest BCUT2D eigenvalue weighted by atomic mass is 10.1. The minimum absolute atomic E-state index is 0.00363. The molecule has 0 radical (unpaired) electrons. The lowest BCUT2D eigenvalue weighted by molar-refractivity contribution is 0.341. The number of thiophene rings is 1. The summed E-state index contributed by atoms with van der Waals surface area (Å²) in [5.41, 5.74) is 1.80. The summed E-state index contributed by atoms with van der Waals surface area (Å²) in [4.78, 5) is 0. The van der Waals surface area contributed by atoms with Crippen molar-refractivity contribution < 1.29 is 4.74 Å². The van der Waals surface area contributed by atoms with Gasteiger partial charge in [-0.05, 0) is 38.1 Å². The normalized spacial score (nSPS) is 12.2. The van der Waals surface area contributed by atoms with E-state index in [2.05, 4.69) is 5.32 Å². The van der Waals surface area contributed by atoms with Gasteiger partial charge in [0.25, 0.3) is 0 Å². The first kappa shape index (κ1) is 15.8. The highest BCUT2D eigenvalue weighted by molar-refractivity contribution is 7.20. The van der Waals surface area contributed by atoms with Gasteiger partial charge in [-0.15, -0.1) is 11.3 Å². The fraction of sp³-hybridized carbons (Fsp3) is 0.286. The number of ether oxygens (including phenoxy) is 1. The Kier molecular flexibility index (Phi) is 5.44. The van der Waals surface area contributed by atoms with Gasteiger partial charge in [0.05, 0.1) is 27.0 Å². The van der Waals surface area contributed by atoms with Crippen LogP contribution in [0.25, 0.3) is 0 Å². The van der Waals surface area contributed by atoms with Gasteiger partial charge in [-0.3, -0.25) is 0 Å². The molecule has 1 aromatic heterocycles. The molecular weight excluding hydrogens is 337 g/mol. The van der Waals surface area contributed by atoms with Gasteiger partial charge in [0.2, 0.25) is 0 Å². The number of anilines is 1. The highest BCUT2D eigenvalue weighted by Crippen LogP contribution is 2.38. The maximum absolute atomic E-state index is 6.18. The van der Waals surface area contributed by atoms with Gasteiger partial charge in [-0.25, -0.2) is 0 Å². The van der Waals surface area contributed by atoms with Crippen LogP contribution < -0.4 is 10.1 Å². The molecule has 20 heavy (non-hydrogen) atoms. The van der Waals surface area contributed by atoms with Crippen LogP contribution in [0.3, 0.4) is 0 Å². The fourth-order valence-corrected chi connectivity index (χ4v) is 3.67. The van der Waals surface area contributed by atoms with E-state index in [-0.39, 0.29) is 6.04 Å². The van der Waals surface area contributed by atoms with Gasteiger partial charge >= 0.3 is 0 Å². The Balaban J connectivity index is 2.24. The molecule has 1 N–H and O–H groups in total. The first-order valence-electron chi connectivity index (χ1n) is 6.15. The standard InChI is InChI=1S/C14H14Cl3NOS/c1-3-19-12-5-4-9(15)6-11(12)18-8(2)10-7-13(16)20-14(10)17/h4-8,18H,3H2,1-2H3. The third-order valence-electron chi connectivity index (χ3n) is 2.76. The molecule has 0 aliphatic carbocycles. The number of benzene rings is 1. The fourth-order valence-electron chi connectivity index (χ4n) is 1.86. The van der Waals surface area contributed by atoms with Crippen molar-refractivity contribution in [2.75, 3.05) is 11.9 Å². The summed E-state index contributed by atoms with van der Waals surface area (Å²) in [6.45, 7) is 4.55. The molecule has 0 fully saturated rings. The first-order chi connectivity index (χ1) is 9.51. The van der Waals surface area contributed by atoms with Gasteiger partial charge in [-0.1, -0.05) is 34.8 Å². The van der Waals surface area contributed by atoms with Gasteiger partial charge in [0.1, 0.15) is 5.75 Å². The molecule has 1 unspecified atom stereocenters. The van der Waals surface area contributed by atoms with E-state index in [9.17, 15) is 0 Å². The van der Waals surface area contributed by atoms with Crippen molar-refractivity contribution in [2.24, 2.45) is 0 Å². The molecule has 1 aromatic carbocycles. The van der Waals surface area contributed by atoms with Crippen molar-refractivity contribution in [1.29, 1.82) is 0 Å². The molecule has 6 heteroatoms. The maximum Gasteiger partial charge on any atom is 0.142 e. The number of hydrogen-bond acceptors (Lipinski definition) is 3. The highest BCUT2D eigenvalue weighted by Gasteiger charge is 2.15. The molecule has 0 bridgehead atoms. The summed E-state index contributed by atoms with van der Waals surface area (Å²) in [5.74, 6) is 0.765. The van der Waals surface area contributed by atoms with Crippen LogP contribution >= 0.6 is 46.1 Å². The van der Waals surface area contributed by atoms with Crippen molar-refractivity contribution in [3.63, 3.8) is 0 Å². The molecule has 108 valence electrons. The number of halogens is 3. The Morgan fingerprint density at radius 2 is 2.00 bits per heavy atom. The molecule has 2 aromatic rings. The molecule has 0 saturated heterocycles. The molecule has 0 spiro atoms. The quantitative estimate of drug-likeness (QED) is 0.685. The first-order valence-corrected chi connectivity index (χ1v) is 8.10. The number of nitrogens with one attached hydrogen (secondary N) is 1. The van der Waals surface area contributed by atoms with Crippen molar-refractivity contribution in [2.45, 2.75) is 19.9 Å². The Morgan fingerprint density at radius 3 is 2.60 bits per heavy atom. The van der Waals surface area contributed by atoms with E-state index in [1.807, 2.05) is 32.0 Å². The minimum atomic E-state index is 0.00363. The SMILES string of the molecule is CCOc1ccc(Cl)cc1NC(C)c1cc(Cl)sc1Cl. The second-order valence-corrected chi connectivity index (χ2v) is 6.94. The van der Waals surface area contributed by atoms with Gasteiger partial charge in [0.15, 0.2) is 0 Å². The largest absolute Gasteiger partial charge is 0.492 e. The molecule has 0 amide bonds. The monoisotopic (exact) mass is 349 g/mol. The van der Waals surface area contributed by atoms with Crippen LogP contribution in [0.5, 0.6) is 5.75 Å². The van der Waals surface area contributed by atoms with E-state index in [0.717, 1.165) is 17.0 Å². The van der Waals surface area contributed by atoms with Crippen molar-refractivity contribution in [3.8, 4) is 5.75 Å². The van der Waals surface area contributed by atoms with E-state index in [4.69, 9.17) is 39.5 Å². The van der Waals surface area contributed by atoms with Crippen LogP contribution in [0.1, 0.15) is 25.5 Å². The van der Waals surface area contributed by atoms with Gasteiger partial charge < -0.3 is 10.1 Å². The van der Waals surface area contributed by atoms with Crippen LogP contribution in [-0.4, -0.2) is 6.61 Å². The summed E-state index contributed by atoms with van der Waals surface area (Å²) in [7, 11) is 0. The predicted octanol–water partition coefficient (Wildman–Crippen LogP) is 6.28. The highest BCUT2D eigenvalue weighted by atomic mass is 35.5. The molecule has 0 aliphatic heterocycles. The Morgan fingerprint density at radius 1 is 1.25 bits per heavy atom. The Bertz CT molecular complexity index is 600. The smallest absolute Gasteiger partial charge is 0.142 e. The van der Waals surface area contributed by atoms with Crippen molar-refractivity contribution >= 4 is 51.8 Å². The van der Waals surface area contributed by atoms with E-state index >= 15 is 0 Å². The van der Waals surface area contributed by atoms with E-state index in [1.54, 1.807) is 6.07 Å². The van der Waals surface area contributed by atoms with E-state index in [1.165, 1.54) is 11.3 Å². The van der Waals surface area contributed by atoms with Crippen molar-refractivity contribution in [3.05, 3.63) is 43.5 Å². The average Bonchev–Trinajstić information content (AvgIpc) is 2.72. The average molecular weight is 351 g/mol. The summed E-state index contributed by atoms with van der Waals surface area (Å²) in [5, 5.41) is 4.01. The van der Waals surface area contributed by atoms with Crippen LogP contribution in [0, 0.1) is 0 Å². The molecule has 0 aliphatic rings. The van der Waals surface area contributed by atoms with Crippen molar-refractivity contribution in [1.82, 2.24) is 0 Å². The topological polar surface area (TPSA) is 21.3 Å². The number of hydrogen-bond donors (Lipinski definition) is 1. The zero-order valence-corrected chi connectivity index (χ0v) is 14.1.